The first-order valence-corrected chi connectivity index (χ1v) is 9.00. The Labute approximate surface area is 152 Å². The minimum Gasteiger partial charge on any atom is -0.315 e. The maximum Gasteiger partial charge on any atom is 0.152 e. The molecule has 25 heavy (non-hydrogen) atoms. The molecule has 1 aromatic heterocycles. The van der Waals surface area contributed by atoms with E-state index < -0.39 is 5.54 Å². The zero-order valence-electron chi connectivity index (χ0n) is 14.2. The van der Waals surface area contributed by atoms with Crippen LogP contribution in [0.5, 0.6) is 0 Å². The fraction of sp³-hybridized carbons (Fsp3) is 0.300. The molecule has 4 rings (SSSR count). The Bertz CT molecular complexity index is 886. The van der Waals surface area contributed by atoms with Crippen LogP contribution in [-0.2, 0) is 5.54 Å². The summed E-state index contributed by atoms with van der Waals surface area (Å²) in [5.41, 5.74) is 1.41. The second-order valence-electron chi connectivity index (χ2n) is 6.68. The molecule has 0 saturated carbocycles. The lowest BCUT2D eigenvalue weighted by Gasteiger charge is -2.35. The van der Waals surface area contributed by atoms with Gasteiger partial charge in [0.05, 0.1) is 5.54 Å². The molecule has 0 amide bonds. The van der Waals surface area contributed by atoms with Gasteiger partial charge < -0.3 is 5.32 Å². The molecule has 2 N–H and O–H groups in total. The Morgan fingerprint density at radius 1 is 1.12 bits per heavy atom. The summed E-state index contributed by atoms with van der Waals surface area (Å²) in [5, 5.41) is 10.1. The molecule has 4 nitrogen and oxygen atoms in total. The van der Waals surface area contributed by atoms with Gasteiger partial charge in [0, 0.05) is 25.0 Å². The van der Waals surface area contributed by atoms with Crippen molar-refractivity contribution < 1.29 is 0 Å². The quantitative estimate of drug-likeness (QED) is 0.754. The van der Waals surface area contributed by atoms with Crippen molar-refractivity contribution in [3.05, 3.63) is 71.3 Å². The predicted molar refractivity (Wildman–Crippen MR) is 102 cm³/mol. The first-order valence-electron chi connectivity index (χ1n) is 8.62. The van der Waals surface area contributed by atoms with Gasteiger partial charge in [-0.3, -0.25) is 10.3 Å². The normalized spacial score (nSPS) is 19.8. The summed E-state index contributed by atoms with van der Waals surface area (Å²) in [6, 6.07) is 15.2. The smallest absolute Gasteiger partial charge is 0.152 e. The molecule has 128 valence electrons. The number of nitrogens with zero attached hydrogens (tertiary/aromatic N) is 2. The van der Waals surface area contributed by atoms with Crippen molar-refractivity contribution in [3.8, 4) is 0 Å². The van der Waals surface area contributed by atoms with Crippen molar-refractivity contribution in [2.45, 2.75) is 24.9 Å². The van der Waals surface area contributed by atoms with Crippen LogP contribution in [0.4, 0.5) is 0 Å². The van der Waals surface area contributed by atoms with Crippen molar-refractivity contribution in [1.82, 2.24) is 20.6 Å². The minimum absolute atomic E-state index is 0.363. The monoisotopic (exact) mass is 352 g/mol. The lowest BCUT2D eigenvalue weighted by molar-refractivity contribution is 0.373. The molecule has 1 aliphatic heterocycles. The second kappa shape index (κ2) is 6.71. The molecule has 0 bridgehead atoms. The zero-order chi connectivity index (χ0) is 17.3. The van der Waals surface area contributed by atoms with Crippen LogP contribution in [0.25, 0.3) is 10.8 Å². The molecule has 2 atom stereocenters. The van der Waals surface area contributed by atoms with Gasteiger partial charge in [-0.2, -0.15) is 0 Å². The van der Waals surface area contributed by atoms with Crippen molar-refractivity contribution in [2.24, 2.45) is 0 Å². The average Bonchev–Trinajstić information content (AvgIpc) is 3.14. The Balaban J connectivity index is 1.91. The van der Waals surface area contributed by atoms with Gasteiger partial charge >= 0.3 is 0 Å². The van der Waals surface area contributed by atoms with Gasteiger partial charge in [-0.1, -0.05) is 54.1 Å². The van der Waals surface area contributed by atoms with Crippen LogP contribution in [0.2, 0.25) is 5.15 Å². The number of fused-ring (bicyclic) bond motifs is 1. The summed E-state index contributed by atoms with van der Waals surface area (Å²) in [4.78, 5) is 8.87. The van der Waals surface area contributed by atoms with Crippen LogP contribution in [0.15, 0.2) is 54.9 Å². The average molecular weight is 353 g/mol. The van der Waals surface area contributed by atoms with E-state index in [9.17, 15) is 0 Å². The Hall–Kier alpha value is -2.01. The summed E-state index contributed by atoms with van der Waals surface area (Å²) < 4.78 is 0. The van der Waals surface area contributed by atoms with E-state index in [0.29, 0.717) is 11.2 Å². The summed E-state index contributed by atoms with van der Waals surface area (Å²) in [7, 11) is 0. The Morgan fingerprint density at radius 3 is 2.72 bits per heavy atom. The number of hydrogen-bond acceptors (Lipinski definition) is 4. The lowest BCUT2D eigenvalue weighted by Crippen LogP contribution is -2.48. The molecule has 0 unspecified atom stereocenters. The fourth-order valence-electron chi connectivity index (χ4n) is 3.78. The van der Waals surface area contributed by atoms with Crippen LogP contribution >= 0.6 is 11.6 Å². The molecule has 0 aliphatic carbocycles. The van der Waals surface area contributed by atoms with E-state index in [2.05, 4.69) is 70.0 Å². The second-order valence-corrected chi connectivity index (χ2v) is 7.04. The summed E-state index contributed by atoms with van der Waals surface area (Å²) >= 11 is 6.47. The van der Waals surface area contributed by atoms with E-state index in [-0.39, 0.29) is 0 Å². The third-order valence-corrected chi connectivity index (χ3v) is 5.29. The molecule has 5 heteroatoms. The number of hydrogen-bond donors (Lipinski definition) is 2. The van der Waals surface area contributed by atoms with E-state index in [1.807, 2.05) is 0 Å². The number of halogens is 1. The number of rotatable bonds is 4. The highest BCUT2D eigenvalue weighted by atomic mass is 35.5. The molecule has 0 radical (unpaired) electrons. The van der Waals surface area contributed by atoms with Gasteiger partial charge in [-0.05, 0) is 36.2 Å². The topological polar surface area (TPSA) is 49.8 Å². The van der Waals surface area contributed by atoms with Crippen LogP contribution in [0.3, 0.4) is 0 Å². The number of nitrogens with one attached hydrogen (secondary N) is 2. The third-order valence-electron chi connectivity index (χ3n) is 5.01. The van der Waals surface area contributed by atoms with E-state index in [4.69, 9.17) is 11.6 Å². The van der Waals surface area contributed by atoms with Crippen molar-refractivity contribution in [2.75, 3.05) is 13.1 Å². The first-order chi connectivity index (χ1) is 12.2. The van der Waals surface area contributed by atoms with E-state index in [0.717, 1.165) is 25.2 Å². The predicted octanol–water partition coefficient (Wildman–Crippen LogP) is 3.50. The van der Waals surface area contributed by atoms with Gasteiger partial charge in [0.1, 0.15) is 5.69 Å². The van der Waals surface area contributed by atoms with Gasteiger partial charge in [0.2, 0.25) is 0 Å². The fourth-order valence-corrected chi connectivity index (χ4v) is 4.07. The Morgan fingerprint density at radius 2 is 1.92 bits per heavy atom. The maximum atomic E-state index is 6.47. The van der Waals surface area contributed by atoms with Crippen LogP contribution in [-0.4, -0.2) is 29.1 Å². The van der Waals surface area contributed by atoms with Gasteiger partial charge in [-0.25, -0.2) is 4.98 Å². The van der Waals surface area contributed by atoms with Gasteiger partial charge in [0.15, 0.2) is 5.15 Å². The molecule has 2 heterocycles. The van der Waals surface area contributed by atoms with Crippen LogP contribution in [0, 0.1) is 0 Å². The van der Waals surface area contributed by atoms with Gasteiger partial charge in [0.25, 0.3) is 0 Å². The third kappa shape index (κ3) is 3.01. The molecular weight excluding hydrogens is 332 g/mol. The molecule has 1 saturated heterocycles. The first kappa shape index (κ1) is 16.5. The maximum absolute atomic E-state index is 6.47. The van der Waals surface area contributed by atoms with Gasteiger partial charge in [-0.15, -0.1) is 0 Å². The van der Waals surface area contributed by atoms with E-state index in [1.165, 1.54) is 16.3 Å². The SMILES string of the molecule is C[C@](N[C@@H]1CCNC1)(c1nccnc1Cl)c1cccc2ccccc12. The van der Waals surface area contributed by atoms with Crippen LogP contribution in [0.1, 0.15) is 24.6 Å². The number of benzene rings is 2. The largest absolute Gasteiger partial charge is 0.315 e. The summed E-state index contributed by atoms with van der Waals surface area (Å²) in [5.74, 6) is 0. The van der Waals surface area contributed by atoms with E-state index >= 15 is 0 Å². The Kier molecular flexibility index (Phi) is 4.42. The standard InChI is InChI=1S/C20H21ClN4/c1-20(25-15-9-10-22-13-15,18-19(21)24-12-11-23-18)17-8-4-6-14-5-2-3-7-16(14)17/h2-8,11-12,15,22,25H,9-10,13H2,1H3/t15-,20-/m1/s1. The number of aromatic nitrogens is 2. The molecule has 2 aromatic carbocycles. The molecule has 1 fully saturated rings. The molecule has 1 aliphatic rings. The van der Waals surface area contributed by atoms with Crippen molar-refractivity contribution in [1.29, 1.82) is 0 Å². The summed E-state index contributed by atoms with van der Waals surface area (Å²) in [6.07, 6.45) is 4.42. The minimum atomic E-state index is -0.525. The highest BCUT2D eigenvalue weighted by Crippen LogP contribution is 2.36. The van der Waals surface area contributed by atoms with Crippen molar-refractivity contribution in [3.63, 3.8) is 0 Å². The van der Waals surface area contributed by atoms with Crippen LogP contribution < -0.4 is 10.6 Å². The highest BCUT2D eigenvalue weighted by molar-refractivity contribution is 6.30. The molecule has 3 aromatic rings. The molecular formula is C20H21ClN4. The molecule has 0 spiro atoms. The lowest BCUT2D eigenvalue weighted by atomic mass is 9.84. The highest BCUT2D eigenvalue weighted by Gasteiger charge is 2.36. The zero-order valence-corrected chi connectivity index (χ0v) is 14.9. The van der Waals surface area contributed by atoms with Crippen molar-refractivity contribution >= 4 is 22.4 Å². The van der Waals surface area contributed by atoms with E-state index in [1.54, 1.807) is 12.4 Å². The summed E-state index contributed by atoms with van der Waals surface area (Å²) in [6.45, 7) is 4.12.